The summed E-state index contributed by atoms with van der Waals surface area (Å²) >= 11 is 7.93. The predicted molar refractivity (Wildman–Crippen MR) is 82.2 cm³/mol. The number of thiophene rings is 1. The van der Waals surface area contributed by atoms with Crippen LogP contribution in [0.25, 0.3) is 0 Å². The van der Waals surface area contributed by atoms with Crippen LogP contribution < -0.4 is 4.90 Å². The summed E-state index contributed by atoms with van der Waals surface area (Å²) in [5.74, 6) is 1.64. The van der Waals surface area contributed by atoms with E-state index in [1.54, 1.807) is 11.3 Å². The molecule has 0 radical (unpaired) electrons. The zero-order valence-corrected chi connectivity index (χ0v) is 13.2. The number of aryl methyl sites for hydroxylation is 1. The van der Waals surface area contributed by atoms with Crippen molar-refractivity contribution < 1.29 is 0 Å². The Labute approximate surface area is 123 Å². The van der Waals surface area contributed by atoms with Crippen molar-refractivity contribution in [1.29, 1.82) is 0 Å². The van der Waals surface area contributed by atoms with Gasteiger partial charge in [-0.1, -0.05) is 17.7 Å². The molecule has 0 spiro atoms. The Kier molecular flexibility index (Phi) is 4.42. The molecule has 0 saturated carbocycles. The molecular weight excluding hydrogens is 278 g/mol. The van der Waals surface area contributed by atoms with Crippen LogP contribution in [0.2, 0.25) is 5.15 Å². The Balaban J connectivity index is 2.39. The maximum absolute atomic E-state index is 6.17. The first-order chi connectivity index (χ1) is 8.99. The molecule has 2 heterocycles. The smallest absolute Gasteiger partial charge is 0.137 e. The summed E-state index contributed by atoms with van der Waals surface area (Å²) in [4.78, 5) is 12.4. The molecule has 102 valence electrons. The van der Waals surface area contributed by atoms with Gasteiger partial charge in [0, 0.05) is 16.5 Å². The fourth-order valence-corrected chi connectivity index (χ4v) is 2.84. The van der Waals surface area contributed by atoms with Gasteiger partial charge in [0.15, 0.2) is 0 Å². The van der Waals surface area contributed by atoms with Crippen molar-refractivity contribution in [2.24, 2.45) is 0 Å². The highest BCUT2D eigenvalue weighted by molar-refractivity contribution is 7.09. The van der Waals surface area contributed by atoms with Crippen LogP contribution in [-0.2, 0) is 6.54 Å². The molecule has 2 aromatic heterocycles. The van der Waals surface area contributed by atoms with Gasteiger partial charge in [-0.25, -0.2) is 9.97 Å². The lowest BCUT2D eigenvalue weighted by atomic mass is 10.2. The fourth-order valence-electron chi connectivity index (χ4n) is 1.93. The molecule has 0 aliphatic heterocycles. The third-order valence-corrected chi connectivity index (χ3v) is 4.20. The number of hydrogen-bond acceptors (Lipinski definition) is 4. The lowest BCUT2D eigenvalue weighted by Crippen LogP contribution is -2.31. The zero-order valence-electron chi connectivity index (χ0n) is 11.6. The highest BCUT2D eigenvalue weighted by Crippen LogP contribution is 2.27. The highest BCUT2D eigenvalue weighted by Gasteiger charge is 2.18. The molecule has 19 heavy (non-hydrogen) atoms. The van der Waals surface area contributed by atoms with E-state index in [9.17, 15) is 0 Å². The molecule has 3 nitrogen and oxygen atoms in total. The maximum atomic E-state index is 6.17. The van der Waals surface area contributed by atoms with E-state index in [4.69, 9.17) is 11.6 Å². The first-order valence-corrected chi connectivity index (χ1v) is 7.54. The predicted octanol–water partition coefficient (Wildman–Crippen LogP) is 4.22. The second-order valence-electron chi connectivity index (χ2n) is 4.81. The largest absolute Gasteiger partial charge is 0.349 e. The van der Waals surface area contributed by atoms with Gasteiger partial charge in [-0.3, -0.25) is 0 Å². The molecule has 0 aliphatic rings. The molecule has 0 saturated heterocycles. The van der Waals surface area contributed by atoms with Gasteiger partial charge in [-0.2, -0.15) is 0 Å². The van der Waals surface area contributed by atoms with E-state index in [1.807, 2.05) is 13.8 Å². The molecule has 2 rings (SSSR count). The average molecular weight is 296 g/mol. The second kappa shape index (κ2) is 5.88. The van der Waals surface area contributed by atoms with E-state index in [2.05, 4.69) is 46.2 Å². The minimum absolute atomic E-state index is 0.353. The number of anilines is 1. The van der Waals surface area contributed by atoms with Crippen LogP contribution in [0.5, 0.6) is 0 Å². The van der Waals surface area contributed by atoms with Gasteiger partial charge < -0.3 is 4.90 Å². The third-order valence-electron chi connectivity index (χ3n) is 2.97. The quantitative estimate of drug-likeness (QED) is 0.791. The molecule has 0 amide bonds. The highest BCUT2D eigenvalue weighted by atomic mass is 35.5. The molecule has 0 fully saturated rings. The molecule has 0 unspecified atom stereocenters. The molecule has 2 aromatic rings. The summed E-state index contributed by atoms with van der Waals surface area (Å²) in [6, 6.07) is 4.57. The van der Waals surface area contributed by atoms with Crippen LogP contribution in [0.1, 0.15) is 30.1 Å². The van der Waals surface area contributed by atoms with Crippen molar-refractivity contribution in [3.8, 4) is 0 Å². The Morgan fingerprint density at radius 1 is 1.32 bits per heavy atom. The minimum atomic E-state index is 0.353. The van der Waals surface area contributed by atoms with Crippen molar-refractivity contribution in [2.75, 3.05) is 4.90 Å². The van der Waals surface area contributed by atoms with Crippen molar-refractivity contribution in [3.05, 3.63) is 38.9 Å². The Hall–Kier alpha value is -1.13. The van der Waals surface area contributed by atoms with Gasteiger partial charge in [0.2, 0.25) is 0 Å². The molecule has 0 atom stereocenters. The first-order valence-electron chi connectivity index (χ1n) is 6.28. The summed E-state index contributed by atoms with van der Waals surface area (Å²) in [7, 11) is 0. The zero-order chi connectivity index (χ0) is 14.0. The van der Waals surface area contributed by atoms with Crippen molar-refractivity contribution >= 4 is 28.8 Å². The molecule has 5 heteroatoms. The lowest BCUT2D eigenvalue weighted by molar-refractivity contribution is 0.671. The molecule has 0 aromatic carbocycles. The van der Waals surface area contributed by atoms with Gasteiger partial charge in [0.25, 0.3) is 0 Å². The SMILES string of the molecule is Cc1nc(Cl)c(C)c(N(Cc2cccs2)C(C)C)n1. The van der Waals surface area contributed by atoms with E-state index in [1.165, 1.54) is 4.88 Å². The topological polar surface area (TPSA) is 29.0 Å². The van der Waals surface area contributed by atoms with Crippen LogP contribution in [0.15, 0.2) is 17.5 Å². The van der Waals surface area contributed by atoms with Crippen LogP contribution in [0, 0.1) is 13.8 Å². The maximum Gasteiger partial charge on any atom is 0.137 e. The number of halogens is 1. The third kappa shape index (κ3) is 3.25. The number of aromatic nitrogens is 2. The Morgan fingerprint density at radius 3 is 2.63 bits per heavy atom. The van der Waals surface area contributed by atoms with Gasteiger partial charge >= 0.3 is 0 Å². The van der Waals surface area contributed by atoms with Crippen molar-refractivity contribution in [3.63, 3.8) is 0 Å². The monoisotopic (exact) mass is 295 g/mol. The molecule has 0 aliphatic carbocycles. The van der Waals surface area contributed by atoms with Crippen molar-refractivity contribution in [2.45, 2.75) is 40.3 Å². The summed E-state index contributed by atoms with van der Waals surface area (Å²) in [5.41, 5.74) is 0.942. The average Bonchev–Trinajstić information content (AvgIpc) is 2.83. The summed E-state index contributed by atoms with van der Waals surface area (Å²) < 4.78 is 0. The van der Waals surface area contributed by atoms with Gasteiger partial charge in [0.05, 0.1) is 6.54 Å². The van der Waals surface area contributed by atoms with Crippen LogP contribution >= 0.6 is 22.9 Å². The van der Waals surface area contributed by atoms with Crippen molar-refractivity contribution in [1.82, 2.24) is 9.97 Å². The van der Waals surface area contributed by atoms with Crippen LogP contribution in [0.3, 0.4) is 0 Å². The summed E-state index contributed by atoms with van der Waals surface area (Å²) in [6.45, 7) is 9.03. The number of rotatable bonds is 4. The molecule has 0 bridgehead atoms. The fraction of sp³-hybridized carbons (Fsp3) is 0.429. The van der Waals surface area contributed by atoms with E-state index < -0.39 is 0 Å². The van der Waals surface area contributed by atoms with Crippen LogP contribution in [-0.4, -0.2) is 16.0 Å². The normalized spacial score (nSPS) is 11.1. The molecule has 0 N–H and O–H groups in total. The first kappa shape index (κ1) is 14.3. The van der Waals surface area contributed by atoms with E-state index >= 15 is 0 Å². The Bertz CT molecular complexity index is 552. The van der Waals surface area contributed by atoms with Gasteiger partial charge in [-0.05, 0) is 39.1 Å². The summed E-state index contributed by atoms with van der Waals surface area (Å²) in [5, 5.41) is 2.64. The lowest BCUT2D eigenvalue weighted by Gasteiger charge is -2.29. The van der Waals surface area contributed by atoms with E-state index in [0.717, 1.165) is 17.9 Å². The van der Waals surface area contributed by atoms with Gasteiger partial charge in [0.1, 0.15) is 16.8 Å². The Morgan fingerprint density at radius 2 is 2.05 bits per heavy atom. The standard InChI is InChI=1S/C14H18ClN3S/c1-9(2)18(8-12-6-5-7-19-12)14-10(3)13(15)16-11(4)17-14/h5-7,9H,8H2,1-4H3. The number of nitrogens with zero attached hydrogens (tertiary/aromatic N) is 3. The number of hydrogen-bond donors (Lipinski definition) is 0. The van der Waals surface area contributed by atoms with Crippen LogP contribution in [0.4, 0.5) is 5.82 Å². The molecular formula is C14H18ClN3S. The summed E-state index contributed by atoms with van der Waals surface area (Å²) in [6.07, 6.45) is 0. The van der Waals surface area contributed by atoms with Gasteiger partial charge in [-0.15, -0.1) is 11.3 Å². The van der Waals surface area contributed by atoms with E-state index in [0.29, 0.717) is 17.0 Å². The van der Waals surface area contributed by atoms with E-state index in [-0.39, 0.29) is 0 Å². The second-order valence-corrected chi connectivity index (χ2v) is 6.20. The minimum Gasteiger partial charge on any atom is -0.349 e.